The number of morpholine rings is 1. The Bertz CT molecular complexity index is 671. The molecule has 116 valence electrons. The van der Waals surface area contributed by atoms with Crippen molar-refractivity contribution in [1.82, 2.24) is 4.31 Å². The first-order chi connectivity index (χ1) is 9.63. The average Bonchev–Trinajstić information content (AvgIpc) is 2.37. The molecule has 1 aromatic rings. The van der Waals surface area contributed by atoms with Gasteiger partial charge >= 0.3 is 0 Å². The van der Waals surface area contributed by atoms with Crippen LogP contribution in [0.15, 0.2) is 23.1 Å². The zero-order valence-electron chi connectivity index (χ0n) is 11.8. The number of anilines is 1. The van der Waals surface area contributed by atoms with E-state index in [0.717, 1.165) is 6.07 Å². The van der Waals surface area contributed by atoms with E-state index < -0.39 is 20.5 Å². The van der Waals surface area contributed by atoms with Crippen LogP contribution in [0, 0.1) is 10.1 Å². The van der Waals surface area contributed by atoms with Crippen molar-refractivity contribution in [1.29, 1.82) is 0 Å². The van der Waals surface area contributed by atoms with Gasteiger partial charge in [0.2, 0.25) is 10.0 Å². The molecule has 0 aromatic heterocycles. The molecule has 0 unspecified atom stereocenters. The third-order valence-corrected chi connectivity index (χ3v) is 5.12. The van der Waals surface area contributed by atoms with Crippen LogP contribution < -0.4 is 5.73 Å². The van der Waals surface area contributed by atoms with Crippen molar-refractivity contribution in [3.8, 4) is 0 Å². The second-order valence-electron chi connectivity index (χ2n) is 5.43. The molecule has 21 heavy (non-hydrogen) atoms. The fraction of sp³-hybridized carbons (Fsp3) is 0.500. The number of hydrogen-bond acceptors (Lipinski definition) is 6. The Balaban J connectivity index is 2.44. The molecular formula is C12H17N3O5S. The average molecular weight is 315 g/mol. The predicted octanol–water partition coefficient (Wildman–Crippen LogP) is 0.977. The highest BCUT2D eigenvalue weighted by Crippen LogP contribution is 2.29. The Morgan fingerprint density at radius 3 is 2.67 bits per heavy atom. The number of nitrogens with zero attached hydrogens (tertiary/aromatic N) is 2. The number of rotatable bonds is 3. The summed E-state index contributed by atoms with van der Waals surface area (Å²) in [5, 5.41) is 10.8. The lowest BCUT2D eigenvalue weighted by Crippen LogP contribution is -2.50. The molecular weight excluding hydrogens is 298 g/mol. The molecule has 0 amide bonds. The summed E-state index contributed by atoms with van der Waals surface area (Å²) in [6, 6.07) is 3.40. The zero-order valence-corrected chi connectivity index (χ0v) is 12.6. The largest absolute Gasteiger partial charge is 0.398 e. The van der Waals surface area contributed by atoms with Crippen LogP contribution in [0.5, 0.6) is 0 Å². The summed E-state index contributed by atoms with van der Waals surface area (Å²) < 4.78 is 32.0. The summed E-state index contributed by atoms with van der Waals surface area (Å²) >= 11 is 0. The van der Waals surface area contributed by atoms with E-state index in [1.807, 2.05) is 0 Å². The summed E-state index contributed by atoms with van der Waals surface area (Å²) in [6.07, 6.45) is 0. The van der Waals surface area contributed by atoms with E-state index in [-0.39, 0.29) is 36.0 Å². The monoisotopic (exact) mass is 315 g/mol. The SMILES string of the molecule is CC1(C)CN(S(=O)(=O)c2cc([N+](=O)[O-])ccc2N)CCO1. The third-order valence-electron chi connectivity index (χ3n) is 3.22. The molecule has 9 heteroatoms. The highest BCUT2D eigenvalue weighted by molar-refractivity contribution is 7.89. The number of hydrogen-bond donors (Lipinski definition) is 1. The minimum atomic E-state index is -3.90. The molecule has 0 atom stereocenters. The van der Waals surface area contributed by atoms with Gasteiger partial charge < -0.3 is 10.5 Å². The van der Waals surface area contributed by atoms with Crippen LogP contribution in [0.1, 0.15) is 13.8 Å². The molecule has 1 fully saturated rings. The molecule has 1 saturated heterocycles. The van der Waals surface area contributed by atoms with Gasteiger partial charge in [0.25, 0.3) is 5.69 Å². The van der Waals surface area contributed by atoms with Crippen molar-refractivity contribution in [2.75, 3.05) is 25.4 Å². The first-order valence-corrected chi connectivity index (χ1v) is 7.75. The Morgan fingerprint density at radius 2 is 2.10 bits per heavy atom. The lowest BCUT2D eigenvalue weighted by Gasteiger charge is -2.37. The van der Waals surface area contributed by atoms with Crippen molar-refractivity contribution >= 4 is 21.4 Å². The topological polar surface area (TPSA) is 116 Å². The second kappa shape index (κ2) is 5.24. The Labute approximate surface area is 122 Å². The number of nitrogen functional groups attached to an aromatic ring is 1. The number of nitro groups is 1. The smallest absolute Gasteiger partial charge is 0.270 e. The van der Waals surface area contributed by atoms with E-state index in [1.165, 1.54) is 16.4 Å². The Hall–Kier alpha value is -1.71. The van der Waals surface area contributed by atoms with Crippen LogP contribution in [0.3, 0.4) is 0 Å². The first-order valence-electron chi connectivity index (χ1n) is 6.31. The maximum atomic E-state index is 12.6. The van der Waals surface area contributed by atoms with Crippen molar-refractivity contribution in [3.05, 3.63) is 28.3 Å². The summed E-state index contributed by atoms with van der Waals surface area (Å²) in [7, 11) is -3.90. The van der Waals surface area contributed by atoms with E-state index in [0.29, 0.717) is 0 Å². The number of ether oxygens (including phenoxy) is 1. The molecule has 1 aromatic carbocycles. The van der Waals surface area contributed by atoms with Crippen LogP contribution in [-0.2, 0) is 14.8 Å². The van der Waals surface area contributed by atoms with Crippen LogP contribution in [-0.4, -0.2) is 42.9 Å². The molecule has 0 radical (unpaired) electrons. The molecule has 0 saturated carbocycles. The van der Waals surface area contributed by atoms with Crippen molar-refractivity contribution in [3.63, 3.8) is 0 Å². The maximum Gasteiger partial charge on any atom is 0.270 e. The number of benzene rings is 1. The number of sulfonamides is 1. The van der Waals surface area contributed by atoms with Gasteiger partial charge in [-0.15, -0.1) is 0 Å². The fourth-order valence-corrected chi connectivity index (χ4v) is 3.89. The van der Waals surface area contributed by atoms with Gasteiger partial charge in [0.05, 0.1) is 22.8 Å². The summed E-state index contributed by atoms with van der Waals surface area (Å²) in [5.41, 5.74) is 4.76. The first kappa shape index (κ1) is 15.7. The number of nitro benzene ring substituents is 1. The third kappa shape index (κ3) is 3.14. The van der Waals surface area contributed by atoms with E-state index in [2.05, 4.69) is 0 Å². The van der Waals surface area contributed by atoms with Gasteiger partial charge in [-0.2, -0.15) is 4.31 Å². The van der Waals surface area contributed by atoms with E-state index >= 15 is 0 Å². The van der Waals surface area contributed by atoms with Crippen LogP contribution >= 0.6 is 0 Å². The number of nitrogens with two attached hydrogens (primary N) is 1. The van der Waals surface area contributed by atoms with Crippen molar-refractivity contribution in [2.45, 2.75) is 24.3 Å². The summed E-state index contributed by atoms with van der Waals surface area (Å²) in [5.74, 6) is 0. The lowest BCUT2D eigenvalue weighted by atomic mass is 10.1. The van der Waals surface area contributed by atoms with E-state index in [9.17, 15) is 18.5 Å². The molecule has 1 aliphatic rings. The van der Waals surface area contributed by atoms with Gasteiger partial charge in [-0.3, -0.25) is 10.1 Å². The van der Waals surface area contributed by atoms with Crippen LogP contribution in [0.25, 0.3) is 0 Å². The van der Waals surface area contributed by atoms with Gasteiger partial charge in [-0.1, -0.05) is 0 Å². The molecule has 2 N–H and O–H groups in total. The lowest BCUT2D eigenvalue weighted by molar-refractivity contribution is -0.385. The quantitative estimate of drug-likeness (QED) is 0.505. The molecule has 0 aliphatic carbocycles. The molecule has 2 rings (SSSR count). The van der Waals surface area contributed by atoms with Gasteiger partial charge in [0.15, 0.2) is 0 Å². The normalized spacial score (nSPS) is 19.3. The van der Waals surface area contributed by atoms with Gasteiger partial charge in [-0.05, 0) is 19.9 Å². The Kier molecular flexibility index (Phi) is 3.91. The Morgan fingerprint density at radius 1 is 1.43 bits per heavy atom. The molecule has 1 aliphatic heterocycles. The standard InChI is InChI=1S/C12H17N3O5S/c1-12(2)8-14(5-6-20-12)21(18,19)11-7-9(15(16)17)3-4-10(11)13/h3-4,7H,5-6,8,13H2,1-2H3. The van der Waals surface area contributed by atoms with Gasteiger partial charge in [-0.25, -0.2) is 8.42 Å². The van der Waals surface area contributed by atoms with Crippen LogP contribution in [0.2, 0.25) is 0 Å². The molecule has 0 spiro atoms. The zero-order chi connectivity index (χ0) is 15.8. The highest BCUT2D eigenvalue weighted by atomic mass is 32.2. The highest BCUT2D eigenvalue weighted by Gasteiger charge is 2.36. The van der Waals surface area contributed by atoms with Crippen LogP contribution in [0.4, 0.5) is 11.4 Å². The maximum absolute atomic E-state index is 12.6. The number of non-ortho nitro benzene ring substituents is 1. The van der Waals surface area contributed by atoms with Crippen molar-refractivity contribution in [2.24, 2.45) is 0 Å². The second-order valence-corrected chi connectivity index (χ2v) is 7.33. The summed E-state index contributed by atoms with van der Waals surface area (Å²) in [4.78, 5) is 9.91. The summed E-state index contributed by atoms with van der Waals surface area (Å²) in [6.45, 7) is 4.18. The minimum absolute atomic E-state index is 0.00935. The van der Waals surface area contributed by atoms with Gasteiger partial charge in [0, 0.05) is 25.2 Å². The predicted molar refractivity (Wildman–Crippen MR) is 76.3 cm³/mol. The van der Waals surface area contributed by atoms with E-state index in [4.69, 9.17) is 10.5 Å². The molecule has 0 bridgehead atoms. The molecule has 1 heterocycles. The molecule has 8 nitrogen and oxygen atoms in total. The minimum Gasteiger partial charge on any atom is -0.398 e. The van der Waals surface area contributed by atoms with E-state index in [1.54, 1.807) is 13.8 Å². The fourth-order valence-electron chi connectivity index (χ4n) is 2.18. The van der Waals surface area contributed by atoms with Gasteiger partial charge in [0.1, 0.15) is 4.90 Å². The van der Waals surface area contributed by atoms with Crippen molar-refractivity contribution < 1.29 is 18.1 Å².